The predicted molar refractivity (Wildman–Crippen MR) is 141 cm³/mol. The highest BCUT2D eigenvalue weighted by atomic mass is 15.0. The van der Waals surface area contributed by atoms with Crippen molar-refractivity contribution in [2.45, 2.75) is 96.1 Å². The van der Waals surface area contributed by atoms with Crippen LogP contribution in [-0.2, 0) is 6.54 Å². The molecule has 0 saturated heterocycles. The molecule has 0 spiro atoms. The van der Waals surface area contributed by atoms with E-state index in [2.05, 4.69) is 71.5 Å². The first kappa shape index (κ1) is 22.7. The zero-order chi connectivity index (χ0) is 22.5. The van der Waals surface area contributed by atoms with Gasteiger partial charge in [-0.1, -0.05) is 86.6 Å². The maximum atomic E-state index is 3.92. The molecule has 2 heteroatoms. The van der Waals surface area contributed by atoms with E-state index >= 15 is 0 Å². The van der Waals surface area contributed by atoms with Gasteiger partial charge in [-0.25, -0.2) is 0 Å². The Morgan fingerprint density at radius 3 is 2.42 bits per heavy atom. The number of hydrogen-bond donors (Lipinski definition) is 1. The zero-order valence-corrected chi connectivity index (χ0v) is 20.6. The van der Waals surface area contributed by atoms with Crippen LogP contribution in [0.4, 0.5) is 0 Å². The molecular weight excluding hydrogens is 400 g/mol. The van der Waals surface area contributed by atoms with Crippen molar-refractivity contribution in [2.24, 2.45) is 5.92 Å². The van der Waals surface area contributed by atoms with Crippen molar-refractivity contribution in [3.63, 3.8) is 0 Å². The number of aryl methyl sites for hydroxylation is 1. The van der Waals surface area contributed by atoms with Crippen molar-refractivity contribution in [1.82, 2.24) is 9.88 Å². The smallest absolute Gasteiger partial charge is 0.0483 e. The second-order valence-electron chi connectivity index (χ2n) is 10.8. The predicted octanol–water partition coefficient (Wildman–Crippen LogP) is 7.97. The Morgan fingerprint density at radius 2 is 1.64 bits per heavy atom. The lowest BCUT2D eigenvalue weighted by Gasteiger charge is -2.25. The SMILES string of the molecule is Cc1cccc(C(CCNC2CCCCC2)c2cn(CC3CCCCC3)c3ccccc23)c1. The number of nitrogens with zero attached hydrogens (tertiary/aromatic N) is 1. The van der Waals surface area contributed by atoms with E-state index in [-0.39, 0.29) is 0 Å². The summed E-state index contributed by atoms with van der Waals surface area (Å²) in [5.74, 6) is 1.28. The van der Waals surface area contributed by atoms with Crippen LogP contribution in [0, 0.1) is 12.8 Å². The van der Waals surface area contributed by atoms with Crippen molar-refractivity contribution in [2.75, 3.05) is 6.54 Å². The molecule has 3 aromatic rings. The first-order valence-corrected chi connectivity index (χ1v) is 13.7. The Hall–Kier alpha value is -2.06. The first-order valence-electron chi connectivity index (χ1n) is 13.7. The molecular formula is C31H42N2. The van der Waals surface area contributed by atoms with Gasteiger partial charge in [0.25, 0.3) is 0 Å². The van der Waals surface area contributed by atoms with Crippen LogP contribution in [0.25, 0.3) is 10.9 Å². The average Bonchev–Trinajstić information content (AvgIpc) is 3.21. The van der Waals surface area contributed by atoms with Crippen LogP contribution < -0.4 is 5.32 Å². The molecule has 2 aliphatic carbocycles. The van der Waals surface area contributed by atoms with E-state index in [0.29, 0.717) is 5.92 Å². The Morgan fingerprint density at radius 1 is 0.879 bits per heavy atom. The summed E-state index contributed by atoms with van der Waals surface area (Å²) in [6.45, 7) is 4.51. The maximum Gasteiger partial charge on any atom is 0.0483 e. The molecule has 1 aromatic heterocycles. The summed E-state index contributed by atoms with van der Waals surface area (Å²) in [6.07, 6.45) is 17.7. The average molecular weight is 443 g/mol. The molecule has 0 aliphatic heterocycles. The number of aromatic nitrogens is 1. The fourth-order valence-electron chi connectivity index (χ4n) is 6.48. The minimum atomic E-state index is 0.443. The van der Waals surface area contributed by atoms with Crippen molar-refractivity contribution < 1.29 is 0 Å². The summed E-state index contributed by atoms with van der Waals surface area (Å²) < 4.78 is 2.60. The first-order chi connectivity index (χ1) is 16.3. The van der Waals surface area contributed by atoms with E-state index in [1.807, 2.05) is 0 Å². The number of benzene rings is 2. The summed E-state index contributed by atoms with van der Waals surface area (Å²) in [4.78, 5) is 0. The van der Waals surface area contributed by atoms with E-state index in [0.717, 1.165) is 24.9 Å². The molecule has 33 heavy (non-hydrogen) atoms. The topological polar surface area (TPSA) is 17.0 Å². The summed E-state index contributed by atoms with van der Waals surface area (Å²) in [7, 11) is 0. The van der Waals surface area contributed by atoms with Crippen LogP contribution in [0.15, 0.2) is 54.7 Å². The van der Waals surface area contributed by atoms with Gasteiger partial charge >= 0.3 is 0 Å². The van der Waals surface area contributed by atoms with Crippen molar-refractivity contribution in [3.05, 3.63) is 71.4 Å². The molecule has 2 aliphatic rings. The molecule has 2 nitrogen and oxygen atoms in total. The van der Waals surface area contributed by atoms with Crippen LogP contribution in [-0.4, -0.2) is 17.2 Å². The van der Waals surface area contributed by atoms with E-state index in [1.54, 1.807) is 0 Å². The van der Waals surface area contributed by atoms with Crippen molar-refractivity contribution >= 4 is 10.9 Å². The van der Waals surface area contributed by atoms with Gasteiger partial charge in [0, 0.05) is 35.6 Å². The lowest BCUT2D eigenvalue weighted by molar-refractivity contribution is 0.322. The van der Waals surface area contributed by atoms with Crippen LogP contribution in [0.2, 0.25) is 0 Å². The Labute approximate surface area is 200 Å². The quantitative estimate of drug-likeness (QED) is 0.374. The third-order valence-corrected chi connectivity index (χ3v) is 8.29. The summed E-state index contributed by atoms with van der Waals surface area (Å²) in [5.41, 5.74) is 5.79. The van der Waals surface area contributed by atoms with Crippen LogP contribution in [0.5, 0.6) is 0 Å². The standard InChI is InChI=1S/C31H42N2/c1-24-11-10-14-26(21-24)28(19-20-32-27-15-6-3-7-16-27)30-23-33(22-25-12-4-2-5-13-25)31-18-9-8-17-29(30)31/h8-11,14,17-18,21,23,25,27-28,32H,2-7,12-13,15-16,19-20,22H2,1H3. The third-order valence-electron chi connectivity index (χ3n) is 8.29. The Balaban J connectivity index is 1.43. The van der Waals surface area contributed by atoms with E-state index in [9.17, 15) is 0 Å². The lowest BCUT2D eigenvalue weighted by atomic mass is 9.87. The van der Waals surface area contributed by atoms with Crippen LogP contribution >= 0.6 is 0 Å². The van der Waals surface area contributed by atoms with Crippen molar-refractivity contribution in [1.29, 1.82) is 0 Å². The van der Waals surface area contributed by atoms with Crippen LogP contribution in [0.1, 0.15) is 93.2 Å². The summed E-state index contributed by atoms with van der Waals surface area (Å²) >= 11 is 0. The Kier molecular flexibility index (Phi) is 7.51. The molecule has 0 radical (unpaired) electrons. The summed E-state index contributed by atoms with van der Waals surface area (Å²) in [5, 5.41) is 5.38. The van der Waals surface area contributed by atoms with Crippen molar-refractivity contribution in [3.8, 4) is 0 Å². The number of nitrogens with one attached hydrogen (secondary N) is 1. The Bertz CT molecular complexity index is 1020. The number of rotatable bonds is 8. The highest BCUT2D eigenvalue weighted by molar-refractivity contribution is 5.85. The highest BCUT2D eigenvalue weighted by Gasteiger charge is 2.22. The number of para-hydroxylation sites is 1. The monoisotopic (exact) mass is 442 g/mol. The fourth-order valence-corrected chi connectivity index (χ4v) is 6.48. The maximum absolute atomic E-state index is 3.92. The minimum absolute atomic E-state index is 0.443. The number of fused-ring (bicyclic) bond motifs is 1. The molecule has 2 fully saturated rings. The lowest BCUT2D eigenvalue weighted by Crippen LogP contribution is -2.32. The highest BCUT2D eigenvalue weighted by Crippen LogP contribution is 2.36. The van der Waals surface area contributed by atoms with Crippen LogP contribution in [0.3, 0.4) is 0 Å². The van der Waals surface area contributed by atoms with Gasteiger partial charge in [0.1, 0.15) is 0 Å². The molecule has 2 saturated carbocycles. The van der Waals surface area contributed by atoms with Gasteiger partial charge in [0.15, 0.2) is 0 Å². The molecule has 0 amide bonds. The van der Waals surface area contributed by atoms with E-state index in [4.69, 9.17) is 0 Å². The van der Waals surface area contributed by atoms with E-state index < -0.39 is 0 Å². The molecule has 5 rings (SSSR count). The molecule has 1 unspecified atom stereocenters. The summed E-state index contributed by atoms with van der Waals surface area (Å²) in [6, 6.07) is 19.1. The molecule has 2 aromatic carbocycles. The normalized spacial score (nSPS) is 19.2. The van der Waals surface area contributed by atoms with Gasteiger partial charge in [-0.3, -0.25) is 0 Å². The van der Waals surface area contributed by atoms with Gasteiger partial charge in [0.2, 0.25) is 0 Å². The molecule has 1 heterocycles. The third kappa shape index (κ3) is 5.54. The molecule has 176 valence electrons. The van der Waals surface area contributed by atoms with Gasteiger partial charge in [-0.15, -0.1) is 0 Å². The van der Waals surface area contributed by atoms with Gasteiger partial charge in [0.05, 0.1) is 0 Å². The minimum Gasteiger partial charge on any atom is -0.347 e. The molecule has 1 N–H and O–H groups in total. The van der Waals surface area contributed by atoms with E-state index in [1.165, 1.54) is 98.3 Å². The largest absolute Gasteiger partial charge is 0.347 e. The fraction of sp³-hybridized carbons (Fsp3) is 0.548. The second-order valence-corrected chi connectivity index (χ2v) is 10.8. The van der Waals surface area contributed by atoms with Gasteiger partial charge in [-0.2, -0.15) is 0 Å². The zero-order valence-electron chi connectivity index (χ0n) is 20.6. The molecule has 0 bridgehead atoms. The van der Waals surface area contributed by atoms with Gasteiger partial charge < -0.3 is 9.88 Å². The second kappa shape index (κ2) is 10.9. The molecule has 1 atom stereocenters. The van der Waals surface area contributed by atoms with Gasteiger partial charge in [-0.05, 0) is 68.7 Å². The number of hydrogen-bond acceptors (Lipinski definition) is 1.